The molecule has 2 N–H and O–H groups in total. The van der Waals surface area contributed by atoms with Gasteiger partial charge in [-0.05, 0) is 43.5 Å². The van der Waals surface area contributed by atoms with E-state index < -0.39 is 23.5 Å². The van der Waals surface area contributed by atoms with Crippen molar-refractivity contribution in [2.75, 3.05) is 0 Å². The molecule has 0 bridgehead atoms. The lowest BCUT2D eigenvalue weighted by molar-refractivity contribution is -0.308. The van der Waals surface area contributed by atoms with Gasteiger partial charge in [0, 0.05) is 0 Å². The van der Waals surface area contributed by atoms with Crippen LogP contribution < -0.4 is 16.0 Å². The zero-order chi connectivity index (χ0) is 19.4. The lowest BCUT2D eigenvalue weighted by Crippen LogP contribution is -2.48. The first-order chi connectivity index (χ1) is 12.2. The average molecular weight is 360 g/mol. The number of fused-ring (bicyclic) bond motifs is 1. The number of phenolic OH excluding ortho intramolecular Hbond substituents is 1. The topological polar surface area (TPSA) is 120 Å². The molecule has 0 aliphatic carbocycles. The van der Waals surface area contributed by atoms with Gasteiger partial charge in [0.05, 0.1) is 29.4 Å². The number of carbonyl (C=O) groups is 2. The van der Waals surface area contributed by atoms with Crippen LogP contribution in [0.25, 0.3) is 11.0 Å². The van der Waals surface area contributed by atoms with Crippen LogP contribution in [-0.4, -0.2) is 23.0 Å². The number of hydrogen-bond acceptors (Lipinski definition) is 6. The molecule has 0 saturated carbocycles. The first-order valence-corrected chi connectivity index (χ1v) is 8.50. The maximum Gasteiger partial charge on any atom is 0.340 e. The van der Waals surface area contributed by atoms with E-state index in [-0.39, 0.29) is 29.7 Å². The molecule has 7 nitrogen and oxygen atoms in total. The molecule has 0 spiro atoms. The van der Waals surface area contributed by atoms with Crippen molar-refractivity contribution in [1.82, 2.24) is 5.32 Å². The summed E-state index contributed by atoms with van der Waals surface area (Å²) in [6, 6.07) is 2.06. The second-order valence-electron chi connectivity index (χ2n) is 6.41. The summed E-state index contributed by atoms with van der Waals surface area (Å²) >= 11 is 0. The molecular weight excluding hydrogens is 338 g/mol. The number of carbonyl (C=O) groups excluding carboxylic acids is 2. The second kappa shape index (κ2) is 8.03. The van der Waals surface area contributed by atoms with Gasteiger partial charge in [-0.3, -0.25) is 4.79 Å². The van der Waals surface area contributed by atoms with Gasteiger partial charge in [-0.1, -0.05) is 19.8 Å². The predicted octanol–water partition coefficient (Wildman–Crippen LogP) is 1.08. The molecule has 140 valence electrons. The summed E-state index contributed by atoms with van der Waals surface area (Å²) in [7, 11) is 0. The largest absolute Gasteiger partial charge is 0.548 e. The Kier molecular flexibility index (Phi) is 6.02. The minimum Gasteiger partial charge on any atom is -0.548 e. The molecule has 0 aliphatic heterocycles. The molecule has 26 heavy (non-hydrogen) atoms. The number of hydrogen-bond donors (Lipinski definition) is 2. The highest BCUT2D eigenvalue weighted by atomic mass is 16.4. The van der Waals surface area contributed by atoms with Gasteiger partial charge < -0.3 is 24.7 Å². The summed E-state index contributed by atoms with van der Waals surface area (Å²) in [6.07, 6.45) is 1.33. The third-order valence-electron chi connectivity index (χ3n) is 4.31. The summed E-state index contributed by atoms with van der Waals surface area (Å²) in [5.74, 6) is -2.02. The van der Waals surface area contributed by atoms with Gasteiger partial charge in [0.25, 0.3) is 0 Å². The van der Waals surface area contributed by atoms with Crippen molar-refractivity contribution in [3.8, 4) is 5.75 Å². The van der Waals surface area contributed by atoms with E-state index in [4.69, 9.17) is 4.42 Å². The highest BCUT2D eigenvalue weighted by Crippen LogP contribution is 2.29. The molecule has 2 rings (SSSR count). The van der Waals surface area contributed by atoms with Crippen molar-refractivity contribution in [2.24, 2.45) is 0 Å². The highest BCUT2D eigenvalue weighted by molar-refractivity contribution is 5.90. The van der Waals surface area contributed by atoms with Crippen LogP contribution in [0.15, 0.2) is 21.3 Å². The quantitative estimate of drug-likeness (QED) is 0.713. The molecule has 2 aromatic rings. The highest BCUT2D eigenvalue weighted by Gasteiger charge is 2.19. The number of rotatable bonds is 7. The number of nitrogens with one attached hydrogen (secondary N) is 1. The number of benzene rings is 1. The van der Waals surface area contributed by atoms with Crippen molar-refractivity contribution in [2.45, 2.75) is 52.5 Å². The SMILES string of the molecule is CCCC[C@@H](NC(=O)Cc1c(C)c2c(O)cc(C)cc2oc1=O)C(=O)[O-]. The van der Waals surface area contributed by atoms with E-state index in [2.05, 4.69) is 5.32 Å². The number of aromatic hydroxyl groups is 1. The van der Waals surface area contributed by atoms with E-state index in [1.807, 2.05) is 6.92 Å². The van der Waals surface area contributed by atoms with E-state index >= 15 is 0 Å². The number of amides is 1. The number of carboxylic acid groups (broad SMARTS) is 1. The van der Waals surface area contributed by atoms with E-state index in [0.29, 0.717) is 17.4 Å². The molecule has 1 heterocycles. The molecule has 0 radical (unpaired) electrons. The molecule has 1 atom stereocenters. The van der Waals surface area contributed by atoms with Crippen LogP contribution in [0.2, 0.25) is 0 Å². The smallest absolute Gasteiger partial charge is 0.340 e. The molecule has 0 aliphatic rings. The fraction of sp³-hybridized carbons (Fsp3) is 0.421. The molecule has 1 aromatic carbocycles. The Bertz CT molecular complexity index is 899. The van der Waals surface area contributed by atoms with Crippen molar-refractivity contribution < 1.29 is 24.2 Å². The third-order valence-corrected chi connectivity index (χ3v) is 4.31. The fourth-order valence-electron chi connectivity index (χ4n) is 2.93. The predicted molar refractivity (Wildman–Crippen MR) is 93.8 cm³/mol. The van der Waals surface area contributed by atoms with E-state index in [1.54, 1.807) is 19.9 Å². The minimum absolute atomic E-state index is 0.0431. The Morgan fingerprint density at radius 1 is 1.31 bits per heavy atom. The maximum absolute atomic E-state index is 12.2. The maximum atomic E-state index is 12.2. The zero-order valence-corrected chi connectivity index (χ0v) is 15.0. The van der Waals surface area contributed by atoms with Gasteiger partial charge in [-0.15, -0.1) is 0 Å². The van der Waals surface area contributed by atoms with Crippen molar-refractivity contribution in [3.05, 3.63) is 39.2 Å². The fourth-order valence-corrected chi connectivity index (χ4v) is 2.93. The Morgan fingerprint density at radius 2 is 2.00 bits per heavy atom. The monoisotopic (exact) mass is 360 g/mol. The van der Waals surface area contributed by atoms with Crippen LogP contribution in [0.4, 0.5) is 0 Å². The van der Waals surface area contributed by atoms with Crippen molar-refractivity contribution in [1.29, 1.82) is 0 Å². The van der Waals surface area contributed by atoms with Crippen LogP contribution in [-0.2, 0) is 16.0 Å². The normalized spacial score (nSPS) is 12.1. The number of unbranched alkanes of at least 4 members (excludes halogenated alkanes) is 1. The Balaban J connectivity index is 2.31. The molecule has 0 saturated heterocycles. The lowest BCUT2D eigenvalue weighted by Gasteiger charge is -2.19. The first kappa shape index (κ1) is 19.5. The van der Waals surface area contributed by atoms with Gasteiger partial charge in [-0.25, -0.2) is 4.79 Å². The van der Waals surface area contributed by atoms with Crippen molar-refractivity contribution in [3.63, 3.8) is 0 Å². The number of phenols is 1. The van der Waals surface area contributed by atoms with Crippen molar-refractivity contribution >= 4 is 22.8 Å². The molecular formula is C19H22NO6-. The van der Waals surface area contributed by atoms with Gasteiger partial charge in [0.1, 0.15) is 11.3 Å². The first-order valence-electron chi connectivity index (χ1n) is 8.50. The third kappa shape index (κ3) is 4.22. The summed E-state index contributed by atoms with van der Waals surface area (Å²) in [5, 5.41) is 24.0. The van der Waals surface area contributed by atoms with Crippen LogP contribution in [0.3, 0.4) is 0 Å². The summed E-state index contributed by atoms with van der Waals surface area (Å²) < 4.78 is 5.23. The standard InChI is InChI=1S/C19H23NO6/c1-4-5-6-13(18(23)24)20-16(22)9-12-11(3)17-14(21)7-10(2)8-15(17)26-19(12)25/h7-8,13,21H,4-6,9H2,1-3H3,(H,20,22)(H,23,24)/p-1/t13-/m1/s1. The van der Waals surface area contributed by atoms with Gasteiger partial charge >= 0.3 is 5.63 Å². The second-order valence-corrected chi connectivity index (χ2v) is 6.41. The van der Waals surface area contributed by atoms with E-state index in [1.165, 1.54) is 6.07 Å². The van der Waals surface area contributed by atoms with Gasteiger partial charge in [0.2, 0.25) is 5.91 Å². The van der Waals surface area contributed by atoms with Crippen LogP contribution in [0.1, 0.15) is 42.9 Å². The summed E-state index contributed by atoms with van der Waals surface area (Å²) in [5.41, 5.74) is 0.804. The summed E-state index contributed by atoms with van der Waals surface area (Å²) in [6.45, 7) is 5.28. The van der Waals surface area contributed by atoms with Crippen LogP contribution >= 0.6 is 0 Å². The molecule has 1 amide bonds. The Labute approximate surface area is 150 Å². The van der Waals surface area contributed by atoms with Gasteiger partial charge in [-0.2, -0.15) is 0 Å². The van der Waals surface area contributed by atoms with E-state index in [9.17, 15) is 24.6 Å². The van der Waals surface area contributed by atoms with E-state index in [0.717, 1.165) is 12.0 Å². The average Bonchev–Trinajstić information content (AvgIpc) is 2.54. The lowest BCUT2D eigenvalue weighted by atomic mass is 10.0. The molecule has 7 heteroatoms. The van der Waals surface area contributed by atoms with Crippen LogP contribution in [0, 0.1) is 13.8 Å². The molecule has 0 fully saturated rings. The summed E-state index contributed by atoms with van der Waals surface area (Å²) in [4.78, 5) is 35.6. The Morgan fingerprint density at radius 3 is 2.62 bits per heavy atom. The number of aliphatic carboxylic acids is 1. The Hall–Kier alpha value is -2.83. The molecule has 0 unspecified atom stereocenters. The minimum atomic E-state index is -1.36. The zero-order valence-electron chi connectivity index (χ0n) is 15.0. The molecule has 1 aromatic heterocycles. The van der Waals surface area contributed by atoms with Gasteiger partial charge in [0.15, 0.2) is 0 Å². The number of aryl methyl sites for hydroxylation is 2. The van der Waals surface area contributed by atoms with Crippen LogP contribution in [0.5, 0.6) is 5.75 Å². The number of carboxylic acids is 1.